The molecule has 84 valence electrons. The summed E-state index contributed by atoms with van der Waals surface area (Å²) < 4.78 is 0. The third-order valence-corrected chi connectivity index (χ3v) is 2.76. The molecule has 0 aromatic carbocycles. The van der Waals surface area contributed by atoms with E-state index in [1.807, 2.05) is 19.9 Å². The van der Waals surface area contributed by atoms with E-state index in [2.05, 4.69) is 9.98 Å². The second-order valence-electron chi connectivity index (χ2n) is 3.69. The molecule has 0 aliphatic carbocycles. The van der Waals surface area contributed by atoms with Crippen molar-refractivity contribution in [2.45, 2.75) is 20.4 Å². The van der Waals surface area contributed by atoms with E-state index in [1.165, 1.54) is 0 Å². The van der Waals surface area contributed by atoms with Crippen LogP contribution < -0.4 is 0 Å². The standard InChI is InChI=1S/C12H15N3O/c1-3-15(4-2)12(16)10-6-5-9-7-13-8-11(9)14-10/h5-6,8H,3-4,7H2,1-2H3. The zero-order chi connectivity index (χ0) is 11.5. The van der Waals surface area contributed by atoms with Crippen LogP contribution >= 0.6 is 0 Å². The highest BCUT2D eigenvalue weighted by Crippen LogP contribution is 2.13. The zero-order valence-electron chi connectivity index (χ0n) is 9.60. The summed E-state index contributed by atoms with van der Waals surface area (Å²) in [7, 11) is 0. The van der Waals surface area contributed by atoms with Crippen molar-refractivity contribution in [3.63, 3.8) is 0 Å². The van der Waals surface area contributed by atoms with Gasteiger partial charge in [-0.15, -0.1) is 0 Å². The Balaban J connectivity index is 2.27. The Kier molecular flexibility index (Phi) is 2.99. The summed E-state index contributed by atoms with van der Waals surface area (Å²) in [4.78, 5) is 22.2. The van der Waals surface area contributed by atoms with Gasteiger partial charge in [0.05, 0.1) is 12.2 Å². The van der Waals surface area contributed by atoms with Crippen molar-refractivity contribution in [1.29, 1.82) is 0 Å². The Morgan fingerprint density at radius 3 is 2.81 bits per heavy atom. The number of hydrogen-bond donors (Lipinski definition) is 0. The molecule has 1 aliphatic heterocycles. The SMILES string of the molecule is CCN(CC)C(=O)c1ccc2c(n1)C=NC2. The van der Waals surface area contributed by atoms with Gasteiger partial charge in [0.1, 0.15) is 5.69 Å². The minimum atomic E-state index is -0.00639. The summed E-state index contributed by atoms with van der Waals surface area (Å²) in [6.45, 7) is 6.04. The highest BCUT2D eigenvalue weighted by molar-refractivity contribution is 5.93. The van der Waals surface area contributed by atoms with Crippen molar-refractivity contribution in [3.8, 4) is 0 Å². The summed E-state index contributed by atoms with van der Waals surface area (Å²) in [6.07, 6.45) is 1.73. The Bertz CT molecular complexity index is 436. The van der Waals surface area contributed by atoms with Gasteiger partial charge in [-0.2, -0.15) is 0 Å². The highest BCUT2D eigenvalue weighted by atomic mass is 16.2. The van der Waals surface area contributed by atoms with Crippen LogP contribution in [0.5, 0.6) is 0 Å². The quantitative estimate of drug-likeness (QED) is 0.770. The molecule has 16 heavy (non-hydrogen) atoms. The highest BCUT2D eigenvalue weighted by Gasteiger charge is 2.16. The molecule has 0 unspecified atom stereocenters. The van der Waals surface area contributed by atoms with Crippen LogP contribution in [0.15, 0.2) is 17.1 Å². The van der Waals surface area contributed by atoms with Gasteiger partial charge in [0.15, 0.2) is 0 Å². The maximum Gasteiger partial charge on any atom is 0.272 e. The van der Waals surface area contributed by atoms with Crippen molar-refractivity contribution in [2.75, 3.05) is 13.1 Å². The largest absolute Gasteiger partial charge is 0.338 e. The molecule has 1 aromatic heterocycles. The van der Waals surface area contributed by atoms with Crippen LogP contribution in [-0.2, 0) is 6.54 Å². The fourth-order valence-corrected chi connectivity index (χ4v) is 1.77. The number of pyridine rings is 1. The molecular formula is C12H15N3O. The van der Waals surface area contributed by atoms with E-state index in [0.29, 0.717) is 25.3 Å². The molecule has 0 fully saturated rings. The number of aliphatic imine (C=N–C) groups is 1. The van der Waals surface area contributed by atoms with Gasteiger partial charge < -0.3 is 4.90 Å². The molecule has 0 atom stereocenters. The van der Waals surface area contributed by atoms with E-state index in [0.717, 1.165) is 11.3 Å². The molecule has 1 aromatic rings. The number of nitrogens with zero attached hydrogens (tertiary/aromatic N) is 3. The van der Waals surface area contributed by atoms with Crippen LogP contribution in [0.4, 0.5) is 0 Å². The first-order chi connectivity index (χ1) is 7.76. The van der Waals surface area contributed by atoms with E-state index in [4.69, 9.17) is 0 Å². The molecule has 0 bridgehead atoms. The van der Waals surface area contributed by atoms with E-state index in [1.54, 1.807) is 17.2 Å². The maximum atomic E-state index is 12.0. The van der Waals surface area contributed by atoms with Gasteiger partial charge in [0.2, 0.25) is 0 Å². The molecular weight excluding hydrogens is 202 g/mol. The van der Waals surface area contributed by atoms with Gasteiger partial charge in [-0.3, -0.25) is 9.79 Å². The summed E-state index contributed by atoms with van der Waals surface area (Å²) in [5.74, 6) is -0.00639. The molecule has 2 heterocycles. The molecule has 4 heteroatoms. The predicted octanol–water partition coefficient (Wildman–Crippen LogP) is 1.50. The number of carbonyl (C=O) groups excluding carboxylic acids is 1. The normalized spacial score (nSPS) is 12.6. The Morgan fingerprint density at radius 2 is 2.12 bits per heavy atom. The van der Waals surface area contributed by atoms with Gasteiger partial charge >= 0.3 is 0 Å². The Labute approximate surface area is 95.0 Å². The van der Waals surface area contributed by atoms with Gasteiger partial charge in [0, 0.05) is 24.9 Å². The van der Waals surface area contributed by atoms with Crippen LogP contribution in [-0.4, -0.2) is 35.1 Å². The summed E-state index contributed by atoms with van der Waals surface area (Å²) in [5, 5.41) is 0. The second-order valence-corrected chi connectivity index (χ2v) is 3.69. The maximum absolute atomic E-state index is 12.0. The van der Waals surface area contributed by atoms with E-state index >= 15 is 0 Å². The summed E-state index contributed by atoms with van der Waals surface area (Å²) in [5.41, 5.74) is 2.44. The van der Waals surface area contributed by atoms with E-state index < -0.39 is 0 Å². The molecule has 1 amide bonds. The monoisotopic (exact) mass is 217 g/mol. The fraction of sp³-hybridized carbons (Fsp3) is 0.417. The predicted molar refractivity (Wildman–Crippen MR) is 62.8 cm³/mol. The first kappa shape index (κ1) is 10.8. The first-order valence-corrected chi connectivity index (χ1v) is 5.55. The lowest BCUT2D eigenvalue weighted by molar-refractivity contribution is 0.0767. The van der Waals surface area contributed by atoms with Crippen LogP contribution in [0, 0.1) is 0 Å². The topological polar surface area (TPSA) is 45.6 Å². The van der Waals surface area contributed by atoms with Crippen LogP contribution in [0.25, 0.3) is 0 Å². The molecule has 2 rings (SSSR count). The number of amides is 1. The van der Waals surface area contributed by atoms with Crippen molar-refractivity contribution < 1.29 is 4.79 Å². The number of rotatable bonds is 3. The number of fused-ring (bicyclic) bond motifs is 1. The number of hydrogen-bond acceptors (Lipinski definition) is 3. The van der Waals surface area contributed by atoms with Crippen molar-refractivity contribution >= 4 is 12.1 Å². The van der Waals surface area contributed by atoms with E-state index in [9.17, 15) is 4.79 Å². The molecule has 4 nitrogen and oxygen atoms in total. The number of carbonyl (C=O) groups is 1. The van der Waals surface area contributed by atoms with Gasteiger partial charge in [-0.25, -0.2) is 4.98 Å². The summed E-state index contributed by atoms with van der Waals surface area (Å²) >= 11 is 0. The molecule has 0 N–H and O–H groups in total. The van der Waals surface area contributed by atoms with Gasteiger partial charge in [-0.1, -0.05) is 6.07 Å². The van der Waals surface area contributed by atoms with E-state index in [-0.39, 0.29) is 5.91 Å². The average Bonchev–Trinajstić information content (AvgIpc) is 2.77. The lowest BCUT2D eigenvalue weighted by Crippen LogP contribution is -2.31. The first-order valence-electron chi connectivity index (χ1n) is 5.55. The minimum absolute atomic E-state index is 0.00639. The zero-order valence-corrected chi connectivity index (χ0v) is 9.60. The third kappa shape index (κ3) is 1.83. The van der Waals surface area contributed by atoms with Crippen molar-refractivity contribution in [1.82, 2.24) is 9.88 Å². The van der Waals surface area contributed by atoms with Crippen LogP contribution in [0.1, 0.15) is 35.6 Å². The Morgan fingerprint density at radius 1 is 1.38 bits per heavy atom. The van der Waals surface area contributed by atoms with Crippen LogP contribution in [0.3, 0.4) is 0 Å². The van der Waals surface area contributed by atoms with Gasteiger partial charge in [-0.05, 0) is 19.9 Å². The average molecular weight is 217 g/mol. The smallest absolute Gasteiger partial charge is 0.272 e. The lowest BCUT2D eigenvalue weighted by Gasteiger charge is -2.18. The van der Waals surface area contributed by atoms with Gasteiger partial charge in [0.25, 0.3) is 5.91 Å². The molecule has 0 saturated carbocycles. The second kappa shape index (κ2) is 4.43. The minimum Gasteiger partial charge on any atom is -0.338 e. The Hall–Kier alpha value is -1.71. The van der Waals surface area contributed by atoms with Crippen LogP contribution in [0.2, 0.25) is 0 Å². The molecule has 0 spiro atoms. The fourth-order valence-electron chi connectivity index (χ4n) is 1.77. The van der Waals surface area contributed by atoms with Crippen molar-refractivity contribution in [2.24, 2.45) is 4.99 Å². The molecule has 0 radical (unpaired) electrons. The molecule has 1 aliphatic rings. The van der Waals surface area contributed by atoms with Crippen molar-refractivity contribution in [3.05, 3.63) is 29.1 Å². The molecule has 0 saturated heterocycles. The third-order valence-electron chi connectivity index (χ3n) is 2.76. The lowest BCUT2D eigenvalue weighted by atomic mass is 10.2. The summed E-state index contributed by atoms with van der Waals surface area (Å²) in [6, 6.07) is 3.72. The number of aromatic nitrogens is 1.